The molecule has 0 bridgehead atoms. The number of nitrogens with zero attached hydrogens (tertiary/aromatic N) is 2. The Morgan fingerprint density at radius 1 is 1.11 bits per heavy atom. The number of halogens is 3. The number of ether oxygens (including phenoxy) is 1. The van der Waals surface area contributed by atoms with Gasteiger partial charge in [-0.15, -0.1) is 0 Å². The molecule has 0 atom stereocenters. The van der Waals surface area contributed by atoms with Gasteiger partial charge in [-0.3, -0.25) is 4.79 Å². The lowest BCUT2D eigenvalue weighted by molar-refractivity contribution is -0.114. The molecule has 5 nitrogen and oxygen atoms in total. The minimum Gasteiger partial charge on any atom is -0.462 e. The first-order valence-electron chi connectivity index (χ1n) is 8.36. The first-order chi connectivity index (χ1) is 13.3. The van der Waals surface area contributed by atoms with Crippen LogP contribution in [0.2, 0.25) is 0 Å². The summed E-state index contributed by atoms with van der Waals surface area (Å²) >= 11 is 0. The van der Waals surface area contributed by atoms with Crippen LogP contribution in [-0.2, 0) is 9.53 Å². The van der Waals surface area contributed by atoms with Crippen molar-refractivity contribution in [3.8, 4) is 0 Å². The summed E-state index contributed by atoms with van der Waals surface area (Å²) in [5, 5.41) is 4.16. The summed E-state index contributed by atoms with van der Waals surface area (Å²) in [6.07, 6.45) is -3.64. The van der Waals surface area contributed by atoms with Gasteiger partial charge >= 0.3 is 12.1 Å². The minimum absolute atomic E-state index is 0.108. The summed E-state index contributed by atoms with van der Waals surface area (Å²) < 4.78 is 45.1. The van der Waals surface area contributed by atoms with Crippen LogP contribution in [-0.4, -0.2) is 30.4 Å². The van der Waals surface area contributed by atoms with E-state index in [1.807, 2.05) is 0 Å². The quantitative estimate of drug-likeness (QED) is 0.582. The second kappa shape index (κ2) is 7.67. The monoisotopic (exact) mass is 388 g/mol. The van der Waals surface area contributed by atoms with Crippen molar-refractivity contribution in [2.75, 3.05) is 11.6 Å². The molecule has 0 spiro atoms. The van der Waals surface area contributed by atoms with Crippen LogP contribution in [0.4, 0.5) is 18.9 Å². The molecule has 3 rings (SSSR count). The van der Waals surface area contributed by atoms with E-state index in [2.05, 4.69) is 5.10 Å². The zero-order chi connectivity index (χ0) is 20.3. The Labute approximate surface area is 158 Å². The highest BCUT2D eigenvalue weighted by atomic mass is 19.4. The van der Waals surface area contributed by atoms with E-state index in [4.69, 9.17) is 4.74 Å². The van der Waals surface area contributed by atoms with Gasteiger partial charge in [0.2, 0.25) is 0 Å². The van der Waals surface area contributed by atoms with Gasteiger partial charge in [-0.2, -0.15) is 23.3 Å². The third kappa shape index (κ3) is 3.95. The number of benzene rings is 2. The van der Waals surface area contributed by atoms with E-state index in [0.717, 1.165) is 6.08 Å². The molecule has 0 saturated carbocycles. The van der Waals surface area contributed by atoms with Crippen molar-refractivity contribution in [1.29, 1.82) is 0 Å². The summed E-state index contributed by atoms with van der Waals surface area (Å²) in [5.41, 5.74) is -1.04. The van der Waals surface area contributed by atoms with Gasteiger partial charge in [-0.05, 0) is 42.8 Å². The largest absolute Gasteiger partial charge is 0.462 e. The predicted octanol–water partition coefficient (Wildman–Crippen LogP) is 4.21. The van der Waals surface area contributed by atoms with Crippen LogP contribution in [0.1, 0.15) is 22.8 Å². The standard InChI is InChI=1S/C20H15F3N2O3/c1-2-28-19(27)14-8-10-15(11-9-14)25-18(26)16(17(24-25)20(21,22)23)12-13-6-4-3-5-7-13/h3-12H,2H2,1H3/b16-12-. The Kier molecular flexibility index (Phi) is 5.30. The van der Waals surface area contributed by atoms with Gasteiger partial charge in [0, 0.05) is 0 Å². The van der Waals surface area contributed by atoms with E-state index in [1.54, 1.807) is 37.3 Å². The van der Waals surface area contributed by atoms with Gasteiger partial charge in [-0.25, -0.2) is 4.79 Å². The van der Waals surface area contributed by atoms with Crippen LogP contribution in [0.5, 0.6) is 0 Å². The molecule has 1 amide bonds. The summed E-state index contributed by atoms with van der Waals surface area (Å²) in [6, 6.07) is 13.6. The van der Waals surface area contributed by atoms with Gasteiger partial charge in [0.25, 0.3) is 5.91 Å². The second-order valence-corrected chi connectivity index (χ2v) is 5.80. The molecular formula is C20H15F3N2O3. The fourth-order valence-electron chi connectivity index (χ4n) is 2.60. The third-order valence-electron chi connectivity index (χ3n) is 3.88. The van der Waals surface area contributed by atoms with Crippen LogP contribution in [0.25, 0.3) is 6.08 Å². The molecule has 144 valence electrons. The number of amides is 1. The number of rotatable bonds is 4. The minimum atomic E-state index is -4.80. The molecule has 2 aromatic carbocycles. The number of alkyl halides is 3. The van der Waals surface area contributed by atoms with Gasteiger partial charge < -0.3 is 4.74 Å². The zero-order valence-electron chi connectivity index (χ0n) is 14.7. The van der Waals surface area contributed by atoms with Crippen molar-refractivity contribution >= 4 is 29.4 Å². The molecular weight excluding hydrogens is 373 g/mol. The Hall–Kier alpha value is -3.42. The summed E-state index contributed by atoms with van der Waals surface area (Å²) in [4.78, 5) is 24.3. The van der Waals surface area contributed by atoms with E-state index in [-0.39, 0.29) is 17.9 Å². The van der Waals surface area contributed by atoms with Crippen molar-refractivity contribution in [2.45, 2.75) is 13.1 Å². The average molecular weight is 388 g/mol. The topological polar surface area (TPSA) is 59.0 Å². The first kappa shape index (κ1) is 19.3. The van der Waals surface area contributed by atoms with Crippen molar-refractivity contribution < 1.29 is 27.5 Å². The average Bonchev–Trinajstić information content (AvgIpc) is 3.00. The Bertz CT molecular complexity index is 949. The summed E-state index contributed by atoms with van der Waals surface area (Å²) in [6.45, 7) is 1.85. The molecule has 0 unspecified atom stereocenters. The number of carbonyl (C=O) groups excluding carboxylic acids is 2. The number of hydrogen-bond acceptors (Lipinski definition) is 4. The van der Waals surface area contributed by atoms with E-state index in [1.165, 1.54) is 24.3 Å². The molecule has 0 saturated heterocycles. The van der Waals surface area contributed by atoms with E-state index in [9.17, 15) is 22.8 Å². The van der Waals surface area contributed by atoms with E-state index in [0.29, 0.717) is 10.6 Å². The second-order valence-electron chi connectivity index (χ2n) is 5.80. The maximum Gasteiger partial charge on any atom is 0.435 e. The lowest BCUT2D eigenvalue weighted by atomic mass is 10.1. The molecule has 0 fully saturated rings. The lowest BCUT2D eigenvalue weighted by Crippen LogP contribution is -2.25. The van der Waals surface area contributed by atoms with Crippen LogP contribution >= 0.6 is 0 Å². The van der Waals surface area contributed by atoms with Gasteiger partial charge in [0.1, 0.15) is 0 Å². The molecule has 2 aromatic rings. The number of hydrazone groups is 1. The van der Waals surface area contributed by atoms with Crippen LogP contribution in [0.3, 0.4) is 0 Å². The van der Waals surface area contributed by atoms with Crippen molar-refractivity contribution in [3.05, 3.63) is 71.3 Å². The van der Waals surface area contributed by atoms with Crippen molar-refractivity contribution in [2.24, 2.45) is 5.10 Å². The Morgan fingerprint density at radius 2 is 1.75 bits per heavy atom. The fourth-order valence-corrected chi connectivity index (χ4v) is 2.60. The van der Waals surface area contributed by atoms with Crippen LogP contribution in [0.15, 0.2) is 65.3 Å². The lowest BCUT2D eigenvalue weighted by Gasteiger charge is -2.12. The highest BCUT2D eigenvalue weighted by Crippen LogP contribution is 2.32. The predicted molar refractivity (Wildman–Crippen MR) is 97.8 cm³/mol. The number of esters is 1. The normalized spacial score (nSPS) is 15.7. The molecule has 0 radical (unpaired) electrons. The number of carbonyl (C=O) groups is 2. The van der Waals surface area contributed by atoms with E-state index < -0.39 is 29.3 Å². The van der Waals surface area contributed by atoms with E-state index >= 15 is 0 Å². The highest BCUT2D eigenvalue weighted by molar-refractivity contribution is 6.34. The van der Waals surface area contributed by atoms with Gasteiger partial charge in [0.05, 0.1) is 23.4 Å². The van der Waals surface area contributed by atoms with Gasteiger partial charge in [0.15, 0.2) is 5.71 Å². The molecule has 0 aromatic heterocycles. The molecule has 1 aliphatic heterocycles. The maximum atomic E-state index is 13.4. The smallest absolute Gasteiger partial charge is 0.435 e. The Morgan fingerprint density at radius 3 is 2.32 bits per heavy atom. The molecule has 1 aliphatic rings. The molecule has 8 heteroatoms. The fraction of sp³-hybridized carbons (Fsp3) is 0.150. The molecule has 0 aliphatic carbocycles. The molecule has 1 heterocycles. The highest BCUT2D eigenvalue weighted by Gasteiger charge is 2.46. The molecule has 28 heavy (non-hydrogen) atoms. The SMILES string of the molecule is CCOC(=O)c1ccc(N2N=C(C(F)(F)F)/C(=C/c3ccccc3)C2=O)cc1. The third-order valence-corrected chi connectivity index (χ3v) is 3.88. The number of anilines is 1. The van der Waals surface area contributed by atoms with Crippen LogP contribution in [0, 0.1) is 0 Å². The van der Waals surface area contributed by atoms with Crippen LogP contribution < -0.4 is 5.01 Å². The zero-order valence-corrected chi connectivity index (χ0v) is 14.7. The van der Waals surface area contributed by atoms with Crippen molar-refractivity contribution in [3.63, 3.8) is 0 Å². The number of hydrogen-bond donors (Lipinski definition) is 0. The summed E-state index contributed by atoms with van der Waals surface area (Å²) in [5.74, 6) is -1.47. The van der Waals surface area contributed by atoms with Gasteiger partial charge in [-0.1, -0.05) is 30.3 Å². The maximum absolute atomic E-state index is 13.4. The summed E-state index contributed by atoms with van der Waals surface area (Å²) in [7, 11) is 0. The Balaban J connectivity index is 1.97. The first-order valence-corrected chi connectivity index (χ1v) is 8.36. The molecule has 0 N–H and O–H groups in total. The van der Waals surface area contributed by atoms with Crippen molar-refractivity contribution in [1.82, 2.24) is 0 Å².